The molecule has 0 spiro atoms. The largest absolute Gasteiger partial charge is 0.458 e. The topological polar surface area (TPSA) is 38.3 Å². The lowest BCUT2D eigenvalue weighted by molar-refractivity contribution is -0.137. The number of anilines is 2. The van der Waals surface area contributed by atoms with Crippen molar-refractivity contribution >= 4 is 17.3 Å². The van der Waals surface area contributed by atoms with Crippen molar-refractivity contribution in [2.75, 3.05) is 11.9 Å². The Kier molecular flexibility index (Phi) is 5.85. The minimum Gasteiger partial charge on any atom is -0.458 e. The molecular weight excluding hydrogens is 331 g/mol. The number of para-hydroxylation sites is 1. The summed E-state index contributed by atoms with van der Waals surface area (Å²) in [5.41, 5.74) is 1.12. The molecule has 0 fully saturated rings. The van der Waals surface area contributed by atoms with Crippen LogP contribution in [0.15, 0.2) is 60.2 Å². The van der Waals surface area contributed by atoms with E-state index in [2.05, 4.69) is 5.32 Å². The van der Waals surface area contributed by atoms with Crippen LogP contribution in [0.2, 0.25) is 0 Å². The molecule has 0 atom stereocenters. The number of carbonyl (C=O) groups excluding carboxylic acids is 1. The van der Waals surface area contributed by atoms with Gasteiger partial charge in [-0.2, -0.15) is 13.2 Å². The lowest BCUT2D eigenvalue weighted by Gasteiger charge is -2.13. The molecule has 0 aliphatic heterocycles. The molecule has 6 heteroatoms. The molecule has 0 saturated heterocycles. The van der Waals surface area contributed by atoms with Crippen molar-refractivity contribution in [2.45, 2.75) is 20.0 Å². The molecule has 0 unspecified atom stereocenters. The third-order valence-electron chi connectivity index (χ3n) is 3.32. The Bertz CT molecular complexity index is 778. The maximum Gasteiger partial charge on any atom is 0.416 e. The first kappa shape index (κ1) is 18.6. The molecule has 25 heavy (non-hydrogen) atoms. The molecule has 0 heterocycles. The van der Waals surface area contributed by atoms with E-state index in [0.29, 0.717) is 5.69 Å². The molecule has 0 aromatic heterocycles. The van der Waals surface area contributed by atoms with Gasteiger partial charge in [-0.3, -0.25) is 0 Å². The number of esters is 1. The summed E-state index contributed by atoms with van der Waals surface area (Å²) in [5.74, 6) is -0.549. The molecule has 1 N–H and O–H groups in total. The van der Waals surface area contributed by atoms with Gasteiger partial charge in [0.2, 0.25) is 0 Å². The normalized spacial score (nSPS) is 10.9. The average Bonchev–Trinajstić information content (AvgIpc) is 2.54. The van der Waals surface area contributed by atoms with Crippen LogP contribution in [-0.4, -0.2) is 12.6 Å². The zero-order valence-electron chi connectivity index (χ0n) is 13.9. The summed E-state index contributed by atoms with van der Waals surface area (Å²) in [4.78, 5) is 12.2. The molecule has 0 aliphatic rings. The highest BCUT2D eigenvalue weighted by molar-refractivity contribution is 5.96. The Morgan fingerprint density at radius 2 is 1.84 bits per heavy atom. The van der Waals surface area contributed by atoms with E-state index in [0.717, 1.165) is 17.7 Å². The van der Waals surface area contributed by atoms with Crippen molar-refractivity contribution in [3.8, 4) is 0 Å². The van der Waals surface area contributed by atoms with Gasteiger partial charge in [0, 0.05) is 5.69 Å². The van der Waals surface area contributed by atoms with Gasteiger partial charge in [0.1, 0.15) is 6.61 Å². The molecule has 0 radical (unpaired) electrons. The Labute approximate surface area is 144 Å². The molecule has 2 rings (SSSR count). The zero-order valence-corrected chi connectivity index (χ0v) is 13.9. The highest BCUT2D eigenvalue weighted by Gasteiger charge is 2.30. The van der Waals surface area contributed by atoms with Gasteiger partial charge in [0.05, 0.1) is 16.8 Å². The highest BCUT2D eigenvalue weighted by Crippen LogP contribution is 2.31. The van der Waals surface area contributed by atoms with Gasteiger partial charge in [0.15, 0.2) is 0 Å². The second-order valence-corrected chi connectivity index (χ2v) is 5.63. The van der Waals surface area contributed by atoms with Gasteiger partial charge < -0.3 is 10.1 Å². The number of rotatable bonds is 5. The van der Waals surface area contributed by atoms with Crippen molar-refractivity contribution in [3.63, 3.8) is 0 Å². The van der Waals surface area contributed by atoms with E-state index in [-0.39, 0.29) is 17.9 Å². The standard InChI is InChI=1S/C19H18F3NO2/c1-13(2)10-11-25-18(24)16-8-3-4-9-17(16)23-15-7-5-6-14(12-15)19(20,21)22/h3-10,12,23H,11H2,1-2H3. The Morgan fingerprint density at radius 3 is 2.52 bits per heavy atom. The second-order valence-electron chi connectivity index (χ2n) is 5.63. The zero-order chi connectivity index (χ0) is 18.4. The van der Waals surface area contributed by atoms with E-state index < -0.39 is 17.7 Å². The molecule has 2 aromatic carbocycles. The molecule has 3 nitrogen and oxygen atoms in total. The summed E-state index contributed by atoms with van der Waals surface area (Å²) in [7, 11) is 0. The van der Waals surface area contributed by atoms with Gasteiger partial charge in [-0.05, 0) is 50.3 Å². The molecule has 0 amide bonds. The van der Waals surface area contributed by atoms with Crippen molar-refractivity contribution in [3.05, 3.63) is 71.3 Å². The van der Waals surface area contributed by atoms with Crippen LogP contribution in [0.3, 0.4) is 0 Å². The average molecular weight is 349 g/mol. The van der Waals surface area contributed by atoms with Crippen LogP contribution in [0, 0.1) is 0 Å². The van der Waals surface area contributed by atoms with E-state index in [4.69, 9.17) is 4.74 Å². The van der Waals surface area contributed by atoms with Crippen molar-refractivity contribution in [2.24, 2.45) is 0 Å². The van der Waals surface area contributed by atoms with Gasteiger partial charge in [-0.1, -0.05) is 23.8 Å². The minimum absolute atomic E-state index is 0.138. The first-order valence-electron chi connectivity index (χ1n) is 7.61. The van der Waals surface area contributed by atoms with E-state index in [9.17, 15) is 18.0 Å². The number of hydrogen-bond donors (Lipinski definition) is 1. The smallest absolute Gasteiger partial charge is 0.416 e. The monoisotopic (exact) mass is 349 g/mol. The Morgan fingerprint density at radius 1 is 1.12 bits per heavy atom. The summed E-state index contributed by atoms with van der Waals surface area (Å²) >= 11 is 0. The second kappa shape index (κ2) is 7.88. The molecule has 0 saturated carbocycles. The number of carbonyl (C=O) groups is 1. The van der Waals surface area contributed by atoms with Crippen molar-refractivity contribution < 1.29 is 22.7 Å². The Hall–Kier alpha value is -2.76. The van der Waals surface area contributed by atoms with Gasteiger partial charge >= 0.3 is 12.1 Å². The van der Waals surface area contributed by atoms with Gasteiger partial charge in [0.25, 0.3) is 0 Å². The fourth-order valence-corrected chi connectivity index (χ4v) is 2.06. The number of allylic oxidation sites excluding steroid dienone is 1. The van der Waals surface area contributed by atoms with Crippen LogP contribution in [0.4, 0.5) is 24.5 Å². The molecule has 0 aliphatic carbocycles. The predicted octanol–water partition coefficient (Wildman–Crippen LogP) is 5.57. The van der Waals surface area contributed by atoms with Crippen LogP contribution in [0.5, 0.6) is 0 Å². The SMILES string of the molecule is CC(C)=CCOC(=O)c1ccccc1Nc1cccc(C(F)(F)F)c1. The first-order valence-corrected chi connectivity index (χ1v) is 7.61. The summed E-state index contributed by atoms with van der Waals surface area (Å²) < 4.78 is 43.6. The fraction of sp³-hybridized carbons (Fsp3) is 0.211. The quantitative estimate of drug-likeness (QED) is 0.566. The van der Waals surface area contributed by atoms with Crippen LogP contribution >= 0.6 is 0 Å². The number of nitrogens with one attached hydrogen (secondary N) is 1. The number of halogens is 3. The van der Waals surface area contributed by atoms with Crippen LogP contribution < -0.4 is 5.32 Å². The van der Waals surface area contributed by atoms with E-state index in [1.807, 2.05) is 13.8 Å². The summed E-state index contributed by atoms with van der Waals surface area (Å²) in [6, 6.07) is 11.3. The van der Waals surface area contributed by atoms with E-state index in [1.165, 1.54) is 12.1 Å². The number of alkyl halides is 3. The van der Waals surface area contributed by atoms with Crippen LogP contribution in [0.1, 0.15) is 29.8 Å². The van der Waals surface area contributed by atoms with Crippen molar-refractivity contribution in [1.29, 1.82) is 0 Å². The molecule has 132 valence electrons. The van der Waals surface area contributed by atoms with Crippen molar-refractivity contribution in [1.82, 2.24) is 0 Å². The van der Waals surface area contributed by atoms with E-state index in [1.54, 1.807) is 30.3 Å². The number of benzene rings is 2. The number of hydrogen-bond acceptors (Lipinski definition) is 3. The minimum atomic E-state index is -4.43. The van der Waals surface area contributed by atoms with Crippen LogP contribution in [0.25, 0.3) is 0 Å². The summed E-state index contributed by atoms with van der Waals surface area (Å²) in [6.07, 6.45) is -2.67. The highest BCUT2D eigenvalue weighted by atomic mass is 19.4. The van der Waals surface area contributed by atoms with E-state index >= 15 is 0 Å². The predicted molar refractivity (Wildman–Crippen MR) is 90.9 cm³/mol. The third-order valence-corrected chi connectivity index (χ3v) is 3.32. The number of ether oxygens (including phenoxy) is 1. The summed E-state index contributed by atoms with van der Waals surface area (Å²) in [6.45, 7) is 3.91. The Balaban J connectivity index is 2.21. The summed E-state index contributed by atoms with van der Waals surface area (Å²) in [5, 5.41) is 2.85. The molecular formula is C19H18F3NO2. The lowest BCUT2D eigenvalue weighted by Crippen LogP contribution is -2.09. The molecule has 2 aromatic rings. The van der Waals surface area contributed by atoms with Gasteiger partial charge in [-0.15, -0.1) is 0 Å². The fourth-order valence-electron chi connectivity index (χ4n) is 2.06. The first-order chi connectivity index (χ1) is 11.8. The van der Waals surface area contributed by atoms with Crippen LogP contribution in [-0.2, 0) is 10.9 Å². The maximum atomic E-state index is 12.8. The third kappa shape index (κ3) is 5.38. The lowest BCUT2D eigenvalue weighted by atomic mass is 10.1. The molecule has 0 bridgehead atoms. The maximum absolute atomic E-state index is 12.8. The van der Waals surface area contributed by atoms with Gasteiger partial charge in [-0.25, -0.2) is 4.79 Å².